The van der Waals surface area contributed by atoms with Gasteiger partial charge in [0.15, 0.2) is 11.6 Å². The standard InChI is InChI=1S/C12H9F2N3O/c13-7-4-5-10(8(14)6-7)18-11-3-1-2-9(17-11)12(15)16/h1-6H,(H3,15,16). The molecule has 0 radical (unpaired) electrons. The Balaban J connectivity index is 2.28. The highest BCUT2D eigenvalue weighted by molar-refractivity contribution is 5.93. The van der Waals surface area contributed by atoms with E-state index in [0.29, 0.717) is 6.07 Å². The minimum atomic E-state index is -0.829. The van der Waals surface area contributed by atoms with Crippen molar-refractivity contribution in [3.05, 3.63) is 53.7 Å². The van der Waals surface area contributed by atoms with Gasteiger partial charge < -0.3 is 10.5 Å². The summed E-state index contributed by atoms with van der Waals surface area (Å²) in [6, 6.07) is 7.52. The lowest BCUT2D eigenvalue weighted by Gasteiger charge is -2.06. The lowest BCUT2D eigenvalue weighted by Crippen LogP contribution is -2.13. The maximum atomic E-state index is 13.3. The number of nitrogens with two attached hydrogens (primary N) is 1. The smallest absolute Gasteiger partial charge is 0.220 e. The Labute approximate surface area is 102 Å². The van der Waals surface area contributed by atoms with Crippen LogP contribution >= 0.6 is 0 Å². The Hall–Kier alpha value is -2.50. The van der Waals surface area contributed by atoms with Crippen molar-refractivity contribution in [2.45, 2.75) is 0 Å². The maximum Gasteiger partial charge on any atom is 0.220 e. The first-order valence-corrected chi connectivity index (χ1v) is 5.00. The van der Waals surface area contributed by atoms with Crippen molar-refractivity contribution in [1.82, 2.24) is 4.98 Å². The number of halogens is 2. The molecule has 2 rings (SSSR count). The highest BCUT2D eigenvalue weighted by Crippen LogP contribution is 2.23. The van der Waals surface area contributed by atoms with Crippen molar-refractivity contribution in [2.24, 2.45) is 5.73 Å². The fourth-order valence-corrected chi connectivity index (χ4v) is 1.29. The Bertz CT molecular complexity index is 602. The summed E-state index contributed by atoms with van der Waals surface area (Å²) in [5, 5.41) is 7.22. The van der Waals surface area contributed by atoms with E-state index in [-0.39, 0.29) is 23.2 Å². The van der Waals surface area contributed by atoms with Crippen LogP contribution < -0.4 is 10.5 Å². The number of nitrogens with zero attached hydrogens (tertiary/aromatic N) is 1. The zero-order chi connectivity index (χ0) is 13.1. The lowest BCUT2D eigenvalue weighted by atomic mass is 10.3. The quantitative estimate of drug-likeness (QED) is 0.648. The number of nitrogens with one attached hydrogen (secondary N) is 1. The van der Waals surface area contributed by atoms with E-state index < -0.39 is 11.6 Å². The Morgan fingerprint density at radius 1 is 1.22 bits per heavy atom. The molecule has 0 spiro atoms. The van der Waals surface area contributed by atoms with E-state index in [1.54, 1.807) is 6.07 Å². The minimum absolute atomic E-state index is 0.0770. The van der Waals surface area contributed by atoms with Gasteiger partial charge in [-0.2, -0.15) is 0 Å². The zero-order valence-electron chi connectivity index (χ0n) is 9.15. The molecule has 2 aromatic rings. The minimum Gasteiger partial charge on any atom is -0.436 e. The van der Waals surface area contributed by atoms with E-state index in [1.807, 2.05) is 0 Å². The molecule has 3 N–H and O–H groups in total. The van der Waals surface area contributed by atoms with E-state index in [0.717, 1.165) is 12.1 Å². The van der Waals surface area contributed by atoms with Crippen molar-refractivity contribution in [2.75, 3.05) is 0 Å². The molecule has 0 aliphatic rings. The normalized spacial score (nSPS) is 10.1. The largest absolute Gasteiger partial charge is 0.436 e. The fourth-order valence-electron chi connectivity index (χ4n) is 1.29. The highest BCUT2D eigenvalue weighted by Gasteiger charge is 2.08. The summed E-state index contributed by atoms with van der Waals surface area (Å²) < 4.78 is 31.2. The molecule has 0 saturated carbocycles. The lowest BCUT2D eigenvalue weighted by molar-refractivity contribution is 0.423. The van der Waals surface area contributed by atoms with Gasteiger partial charge in [0.05, 0.1) is 0 Å². The Morgan fingerprint density at radius 3 is 2.67 bits per heavy atom. The molecule has 4 nitrogen and oxygen atoms in total. The number of hydrogen-bond acceptors (Lipinski definition) is 3. The third-order valence-electron chi connectivity index (χ3n) is 2.11. The van der Waals surface area contributed by atoms with E-state index in [9.17, 15) is 8.78 Å². The van der Waals surface area contributed by atoms with Crippen LogP contribution in [-0.2, 0) is 0 Å². The van der Waals surface area contributed by atoms with Crippen LogP contribution in [0.25, 0.3) is 0 Å². The van der Waals surface area contributed by atoms with Crippen LogP contribution in [0.2, 0.25) is 0 Å². The van der Waals surface area contributed by atoms with Crippen molar-refractivity contribution in [3.63, 3.8) is 0 Å². The third-order valence-corrected chi connectivity index (χ3v) is 2.11. The van der Waals surface area contributed by atoms with Gasteiger partial charge >= 0.3 is 0 Å². The topological polar surface area (TPSA) is 72.0 Å². The molecular weight excluding hydrogens is 240 g/mol. The van der Waals surface area contributed by atoms with Crippen LogP contribution in [0.3, 0.4) is 0 Å². The molecule has 0 fully saturated rings. The second kappa shape index (κ2) is 4.79. The van der Waals surface area contributed by atoms with Gasteiger partial charge in [-0.05, 0) is 18.2 Å². The number of aromatic nitrogens is 1. The first kappa shape index (κ1) is 12.0. The summed E-state index contributed by atoms with van der Waals surface area (Å²) in [4.78, 5) is 3.90. The third kappa shape index (κ3) is 2.60. The second-order valence-electron chi connectivity index (χ2n) is 3.45. The van der Waals surface area contributed by atoms with Crippen LogP contribution in [0.5, 0.6) is 11.6 Å². The van der Waals surface area contributed by atoms with Crippen LogP contribution in [-0.4, -0.2) is 10.8 Å². The number of pyridine rings is 1. The highest BCUT2D eigenvalue weighted by atomic mass is 19.1. The first-order chi connectivity index (χ1) is 8.56. The fraction of sp³-hybridized carbons (Fsp3) is 0. The van der Waals surface area contributed by atoms with Crippen LogP contribution in [0, 0.1) is 17.0 Å². The predicted molar refractivity (Wildman–Crippen MR) is 61.7 cm³/mol. The van der Waals surface area contributed by atoms with E-state index in [2.05, 4.69) is 4.98 Å². The second-order valence-corrected chi connectivity index (χ2v) is 3.45. The Kier molecular flexibility index (Phi) is 3.18. The number of amidine groups is 1. The van der Waals surface area contributed by atoms with E-state index in [4.69, 9.17) is 15.9 Å². The summed E-state index contributed by atoms with van der Waals surface area (Å²) in [5.74, 6) is -1.81. The zero-order valence-corrected chi connectivity index (χ0v) is 9.15. The Morgan fingerprint density at radius 2 is 2.00 bits per heavy atom. The molecule has 0 bridgehead atoms. The van der Waals surface area contributed by atoms with Gasteiger partial charge in [0.25, 0.3) is 0 Å². The van der Waals surface area contributed by atoms with Crippen molar-refractivity contribution >= 4 is 5.84 Å². The SMILES string of the molecule is N=C(N)c1cccc(Oc2ccc(F)cc2F)n1. The molecule has 18 heavy (non-hydrogen) atoms. The molecule has 0 unspecified atom stereocenters. The molecule has 0 aliphatic carbocycles. The molecule has 6 heteroatoms. The average molecular weight is 249 g/mol. The summed E-state index contributed by atoms with van der Waals surface area (Å²) in [6.45, 7) is 0. The summed E-state index contributed by atoms with van der Waals surface area (Å²) in [6.07, 6.45) is 0. The van der Waals surface area contributed by atoms with Crippen LogP contribution in [0.4, 0.5) is 8.78 Å². The summed E-state index contributed by atoms with van der Waals surface area (Å²) in [5.41, 5.74) is 5.48. The van der Waals surface area contributed by atoms with Gasteiger partial charge in [-0.3, -0.25) is 5.41 Å². The van der Waals surface area contributed by atoms with Crippen molar-refractivity contribution in [1.29, 1.82) is 5.41 Å². The van der Waals surface area contributed by atoms with Gasteiger partial charge in [0.2, 0.25) is 5.88 Å². The van der Waals surface area contributed by atoms with Crippen LogP contribution in [0.15, 0.2) is 36.4 Å². The van der Waals surface area contributed by atoms with Crippen LogP contribution in [0.1, 0.15) is 5.69 Å². The summed E-state index contributed by atoms with van der Waals surface area (Å²) >= 11 is 0. The number of rotatable bonds is 3. The van der Waals surface area contributed by atoms with E-state index >= 15 is 0 Å². The first-order valence-electron chi connectivity index (χ1n) is 5.00. The van der Waals surface area contributed by atoms with Crippen molar-refractivity contribution in [3.8, 4) is 11.6 Å². The number of hydrogen-bond donors (Lipinski definition) is 2. The molecule has 0 aliphatic heterocycles. The summed E-state index contributed by atoms with van der Waals surface area (Å²) in [7, 11) is 0. The average Bonchev–Trinajstić information content (AvgIpc) is 2.33. The van der Waals surface area contributed by atoms with Gasteiger partial charge in [-0.25, -0.2) is 13.8 Å². The molecular formula is C12H9F2N3O. The number of nitrogen functional groups attached to an aromatic ring is 1. The molecule has 0 atom stereocenters. The number of ether oxygens (including phenoxy) is 1. The molecule has 0 saturated heterocycles. The molecule has 92 valence electrons. The number of benzene rings is 1. The van der Waals surface area contributed by atoms with E-state index in [1.165, 1.54) is 12.1 Å². The predicted octanol–water partition coefficient (Wildman–Crippen LogP) is 2.44. The monoisotopic (exact) mass is 249 g/mol. The van der Waals surface area contributed by atoms with Crippen molar-refractivity contribution < 1.29 is 13.5 Å². The van der Waals surface area contributed by atoms with Gasteiger partial charge in [0, 0.05) is 12.1 Å². The van der Waals surface area contributed by atoms with Gasteiger partial charge in [-0.1, -0.05) is 6.07 Å². The van der Waals surface area contributed by atoms with Gasteiger partial charge in [0.1, 0.15) is 17.3 Å². The molecule has 1 aromatic carbocycles. The molecule has 1 aromatic heterocycles. The molecule has 0 amide bonds. The molecule has 1 heterocycles. The maximum absolute atomic E-state index is 13.3. The van der Waals surface area contributed by atoms with Gasteiger partial charge in [-0.15, -0.1) is 0 Å².